The first-order valence-electron chi connectivity index (χ1n) is 3.30. The van der Waals surface area contributed by atoms with Crippen LogP contribution in [0.4, 0.5) is 5.95 Å². The van der Waals surface area contributed by atoms with E-state index in [9.17, 15) is 4.79 Å². The summed E-state index contributed by atoms with van der Waals surface area (Å²) in [6.07, 6.45) is 1.34. The summed E-state index contributed by atoms with van der Waals surface area (Å²) in [4.78, 5) is 14.3. The third-order valence-electron chi connectivity index (χ3n) is 1.57. The number of tetrazole rings is 1. The average Bonchev–Trinajstić information content (AvgIpc) is 2.49. The minimum Gasteiger partial charge on any atom is -0.481 e. The van der Waals surface area contributed by atoms with Crippen LogP contribution in [-0.4, -0.2) is 37.5 Å². The van der Waals surface area contributed by atoms with Crippen molar-refractivity contribution in [1.82, 2.24) is 20.2 Å². The van der Waals surface area contributed by atoms with Gasteiger partial charge in [0.1, 0.15) is 5.92 Å². The topological polar surface area (TPSA) is 93.3 Å². The lowest BCUT2D eigenvalue weighted by atomic mass is 10.1. The summed E-state index contributed by atoms with van der Waals surface area (Å²) in [5, 5.41) is 19.1. The molecule has 1 aromatic rings. The second-order valence-corrected chi connectivity index (χ2v) is 2.38. The molecule has 0 saturated heterocycles. The predicted molar refractivity (Wildman–Crippen MR) is 37.1 cm³/mol. The van der Waals surface area contributed by atoms with Gasteiger partial charge in [-0.25, -0.2) is 9.67 Å². The molecule has 7 nitrogen and oxygen atoms in total. The van der Waals surface area contributed by atoms with Crippen LogP contribution >= 0.6 is 0 Å². The fourth-order valence-electron chi connectivity index (χ4n) is 0.942. The first-order chi connectivity index (χ1) is 5.77. The van der Waals surface area contributed by atoms with Crippen molar-refractivity contribution in [1.29, 1.82) is 0 Å². The van der Waals surface area contributed by atoms with E-state index in [2.05, 4.69) is 20.5 Å². The molecule has 1 aliphatic rings. The summed E-state index contributed by atoms with van der Waals surface area (Å²) < 4.78 is 1.36. The second-order valence-electron chi connectivity index (χ2n) is 2.38. The van der Waals surface area contributed by atoms with E-state index in [0.29, 0.717) is 5.95 Å². The molecule has 2 heterocycles. The van der Waals surface area contributed by atoms with Gasteiger partial charge in [-0.05, 0) is 10.4 Å². The Bertz CT molecular complexity index is 343. The van der Waals surface area contributed by atoms with Crippen molar-refractivity contribution in [3.63, 3.8) is 0 Å². The van der Waals surface area contributed by atoms with Crippen LogP contribution in [-0.2, 0) is 11.3 Å². The van der Waals surface area contributed by atoms with E-state index in [0.717, 1.165) is 0 Å². The minimum absolute atomic E-state index is 0.251. The molecule has 1 aliphatic heterocycles. The molecule has 1 aromatic heterocycles. The maximum absolute atomic E-state index is 10.5. The highest BCUT2D eigenvalue weighted by atomic mass is 16.4. The lowest BCUT2D eigenvalue weighted by molar-refractivity contribution is -0.139. The van der Waals surface area contributed by atoms with E-state index in [4.69, 9.17) is 5.11 Å². The highest BCUT2D eigenvalue weighted by molar-refractivity contribution is 5.89. The predicted octanol–water partition coefficient (Wildman–Crippen LogP) is -0.910. The number of nitrogens with zero attached hydrogens (tertiary/aromatic N) is 5. The van der Waals surface area contributed by atoms with Gasteiger partial charge in [0, 0.05) is 6.21 Å². The minimum atomic E-state index is -0.917. The monoisotopic (exact) mass is 167 g/mol. The van der Waals surface area contributed by atoms with Crippen LogP contribution < -0.4 is 0 Å². The van der Waals surface area contributed by atoms with E-state index in [1.165, 1.54) is 10.9 Å². The van der Waals surface area contributed by atoms with Crippen molar-refractivity contribution in [2.75, 3.05) is 0 Å². The number of carboxylic acid groups (broad SMARTS) is 1. The Morgan fingerprint density at radius 1 is 1.75 bits per heavy atom. The summed E-state index contributed by atoms with van der Waals surface area (Å²) in [5.74, 6) is -1.19. The van der Waals surface area contributed by atoms with Crippen molar-refractivity contribution in [2.24, 2.45) is 10.9 Å². The van der Waals surface area contributed by atoms with Gasteiger partial charge in [-0.1, -0.05) is 5.10 Å². The number of fused-ring (bicyclic) bond motifs is 1. The Labute approximate surface area is 66.7 Å². The Morgan fingerprint density at radius 3 is 3.33 bits per heavy atom. The summed E-state index contributed by atoms with van der Waals surface area (Å²) in [6.45, 7) is 0.251. The fraction of sp³-hybridized carbons (Fsp3) is 0.400. The quantitative estimate of drug-likeness (QED) is 0.584. The number of hydrogen-bond acceptors (Lipinski definition) is 5. The molecule has 0 spiro atoms. The van der Waals surface area contributed by atoms with E-state index >= 15 is 0 Å². The largest absolute Gasteiger partial charge is 0.481 e. The van der Waals surface area contributed by atoms with Gasteiger partial charge in [-0.2, -0.15) is 0 Å². The van der Waals surface area contributed by atoms with Crippen molar-refractivity contribution in [3.05, 3.63) is 0 Å². The molecule has 0 amide bonds. The smallest absolute Gasteiger partial charge is 0.313 e. The Balaban J connectivity index is 2.30. The molecule has 0 radical (unpaired) electrons. The van der Waals surface area contributed by atoms with Gasteiger partial charge in [0.2, 0.25) is 0 Å². The molecule has 1 unspecified atom stereocenters. The molecule has 62 valence electrons. The number of aliphatic carboxylic acids is 1. The van der Waals surface area contributed by atoms with Crippen molar-refractivity contribution in [3.8, 4) is 0 Å². The number of carbonyl (C=O) groups is 1. The number of aromatic nitrogens is 4. The second kappa shape index (κ2) is 2.36. The zero-order valence-electron chi connectivity index (χ0n) is 5.95. The van der Waals surface area contributed by atoms with Gasteiger partial charge in [0.15, 0.2) is 0 Å². The number of rotatable bonds is 1. The first kappa shape index (κ1) is 6.89. The summed E-state index contributed by atoms with van der Waals surface area (Å²) in [5.41, 5.74) is 0. The van der Waals surface area contributed by atoms with Gasteiger partial charge in [0.05, 0.1) is 6.54 Å². The molecule has 0 fully saturated rings. The van der Waals surface area contributed by atoms with Gasteiger partial charge in [-0.15, -0.1) is 0 Å². The molecule has 1 atom stereocenters. The van der Waals surface area contributed by atoms with Crippen LogP contribution in [0.2, 0.25) is 0 Å². The maximum Gasteiger partial charge on any atom is 0.313 e. The highest BCUT2D eigenvalue weighted by Crippen LogP contribution is 2.13. The van der Waals surface area contributed by atoms with E-state index in [-0.39, 0.29) is 6.54 Å². The number of aliphatic imine (C=N–C) groups is 1. The Kier molecular flexibility index (Phi) is 1.36. The molecule has 0 saturated carbocycles. The molecule has 1 N–H and O–H groups in total. The van der Waals surface area contributed by atoms with Gasteiger partial charge in [-0.3, -0.25) is 4.79 Å². The molecular weight excluding hydrogens is 162 g/mol. The maximum atomic E-state index is 10.5. The highest BCUT2D eigenvalue weighted by Gasteiger charge is 2.22. The van der Waals surface area contributed by atoms with E-state index < -0.39 is 11.9 Å². The van der Waals surface area contributed by atoms with Gasteiger partial charge >= 0.3 is 5.97 Å². The molecule has 2 rings (SSSR count). The van der Waals surface area contributed by atoms with E-state index in [1.807, 2.05) is 0 Å². The van der Waals surface area contributed by atoms with Crippen LogP contribution in [0.1, 0.15) is 0 Å². The van der Waals surface area contributed by atoms with E-state index in [1.54, 1.807) is 0 Å². The molecule has 0 bridgehead atoms. The van der Waals surface area contributed by atoms with Crippen molar-refractivity contribution >= 4 is 18.1 Å². The third-order valence-corrected chi connectivity index (χ3v) is 1.57. The lowest BCUT2D eigenvalue weighted by Gasteiger charge is -2.10. The van der Waals surface area contributed by atoms with Crippen LogP contribution in [0.5, 0.6) is 0 Å². The lowest BCUT2D eigenvalue weighted by Crippen LogP contribution is -2.24. The van der Waals surface area contributed by atoms with Crippen LogP contribution in [0.25, 0.3) is 0 Å². The number of carboxylic acids is 1. The van der Waals surface area contributed by atoms with Crippen LogP contribution in [0, 0.1) is 5.92 Å². The normalized spacial score (nSPS) is 20.5. The molecule has 0 aliphatic carbocycles. The summed E-state index contributed by atoms with van der Waals surface area (Å²) in [7, 11) is 0. The fourth-order valence-corrected chi connectivity index (χ4v) is 0.942. The van der Waals surface area contributed by atoms with Gasteiger partial charge in [0.25, 0.3) is 5.95 Å². The van der Waals surface area contributed by atoms with Crippen molar-refractivity contribution < 1.29 is 9.90 Å². The van der Waals surface area contributed by atoms with Gasteiger partial charge < -0.3 is 5.11 Å². The number of hydrogen-bond donors (Lipinski definition) is 1. The molecule has 12 heavy (non-hydrogen) atoms. The van der Waals surface area contributed by atoms with Crippen LogP contribution in [0.15, 0.2) is 4.99 Å². The zero-order chi connectivity index (χ0) is 8.55. The third kappa shape index (κ3) is 0.949. The Hall–Kier alpha value is -1.79. The average molecular weight is 167 g/mol. The Morgan fingerprint density at radius 2 is 2.58 bits per heavy atom. The van der Waals surface area contributed by atoms with Crippen molar-refractivity contribution in [2.45, 2.75) is 6.54 Å². The SMILES string of the molecule is O=C(O)C1C=Nc2nnnn2C1. The summed E-state index contributed by atoms with van der Waals surface area (Å²) >= 11 is 0. The van der Waals surface area contributed by atoms with Crippen LogP contribution in [0.3, 0.4) is 0 Å². The summed E-state index contributed by atoms with van der Waals surface area (Å²) in [6, 6.07) is 0. The first-order valence-corrected chi connectivity index (χ1v) is 3.30. The zero-order valence-corrected chi connectivity index (χ0v) is 5.95. The molecular formula is C5H5N5O2. The standard InChI is InChI=1S/C5H5N5O2/c11-4(12)3-1-6-5-7-8-9-10(5)2-3/h1,3H,2H2,(H,11,12). The molecule has 0 aromatic carbocycles. The molecule has 7 heteroatoms.